The second-order valence-electron chi connectivity index (χ2n) is 7.56. The van der Waals surface area contributed by atoms with E-state index in [1.807, 2.05) is 0 Å². The molecule has 0 saturated carbocycles. The predicted molar refractivity (Wildman–Crippen MR) is 111 cm³/mol. The number of piperidine rings is 1. The highest BCUT2D eigenvalue weighted by Crippen LogP contribution is 2.37. The topological polar surface area (TPSA) is 86.9 Å². The molecule has 156 valence electrons. The molecule has 1 N–H and O–H groups in total. The van der Waals surface area contributed by atoms with E-state index in [0.29, 0.717) is 18.8 Å². The molecular weight excluding hydrogens is 382 g/mol. The summed E-state index contributed by atoms with van der Waals surface area (Å²) in [4.78, 5) is 33.8. The van der Waals surface area contributed by atoms with Crippen LogP contribution >= 0.6 is 0 Å². The van der Waals surface area contributed by atoms with Crippen molar-refractivity contribution in [2.24, 2.45) is 0 Å². The number of aliphatic hydroxyl groups excluding tert-OH is 1. The molecule has 1 atom stereocenters. The van der Waals surface area contributed by atoms with Gasteiger partial charge in [0.2, 0.25) is 0 Å². The third-order valence-electron chi connectivity index (χ3n) is 5.64. The van der Waals surface area contributed by atoms with Crippen LogP contribution in [0.25, 0.3) is 6.08 Å². The highest BCUT2D eigenvalue weighted by molar-refractivity contribution is 6.14. The van der Waals surface area contributed by atoms with Crippen molar-refractivity contribution >= 4 is 17.8 Å². The van der Waals surface area contributed by atoms with E-state index in [9.17, 15) is 14.7 Å². The van der Waals surface area contributed by atoms with Crippen LogP contribution in [0.5, 0.6) is 0 Å². The van der Waals surface area contributed by atoms with E-state index < -0.39 is 23.5 Å². The SMILES string of the molecule is O=C(/C=C/c1ccco1)C1=C(O)C(=O)N(CCN2CCCCC2)C1c1ccncc1. The van der Waals surface area contributed by atoms with Crippen LogP contribution in [-0.4, -0.2) is 57.8 Å². The number of carbonyl (C=O) groups is 2. The third kappa shape index (κ3) is 4.21. The molecule has 2 aromatic heterocycles. The van der Waals surface area contributed by atoms with Crippen LogP contribution in [0.1, 0.15) is 36.6 Å². The predicted octanol–water partition coefficient (Wildman–Crippen LogP) is 3.14. The van der Waals surface area contributed by atoms with E-state index >= 15 is 0 Å². The monoisotopic (exact) mass is 407 g/mol. The lowest BCUT2D eigenvalue weighted by Gasteiger charge is -2.31. The number of hydrogen-bond acceptors (Lipinski definition) is 6. The van der Waals surface area contributed by atoms with Crippen molar-refractivity contribution < 1.29 is 19.1 Å². The molecule has 2 aromatic rings. The zero-order chi connectivity index (χ0) is 20.9. The first-order valence-corrected chi connectivity index (χ1v) is 10.3. The Balaban J connectivity index is 1.59. The van der Waals surface area contributed by atoms with Crippen molar-refractivity contribution in [1.82, 2.24) is 14.8 Å². The Hall–Kier alpha value is -3.19. The van der Waals surface area contributed by atoms with Crippen molar-refractivity contribution in [3.8, 4) is 0 Å². The molecule has 0 spiro atoms. The average molecular weight is 407 g/mol. The summed E-state index contributed by atoms with van der Waals surface area (Å²) in [5.41, 5.74) is 0.837. The average Bonchev–Trinajstić information content (AvgIpc) is 3.39. The van der Waals surface area contributed by atoms with E-state index in [2.05, 4.69) is 9.88 Å². The van der Waals surface area contributed by atoms with Gasteiger partial charge in [-0.05, 0) is 67.9 Å². The van der Waals surface area contributed by atoms with Gasteiger partial charge in [-0.2, -0.15) is 0 Å². The summed E-state index contributed by atoms with van der Waals surface area (Å²) in [6.07, 6.45) is 11.2. The molecule has 1 unspecified atom stereocenters. The Morgan fingerprint density at radius 3 is 2.63 bits per heavy atom. The van der Waals surface area contributed by atoms with Crippen LogP contribution in [0.2, 0.25) is 0 Å². The van der Waals surface area contributed by atoms with Gasteiger partial charge in [0, 0.05) is 25.5 Å². The molecule has 0 radical (unpaired) electrons. The second-order valence-corrected chi connectivity index (χ2v) is 7.56. The van der Waals surface area contributed by atoms with Crippen LogP contribution in [-0.2, 0) is 9.59 Å². The fourth-order valence-corrected chi connectivity index (χ4v) is 4.09. The molecule has 4 rings (SSSR count). The number of nitrogens with zero attached hydrogens (tertiary/aromatic N) is 3. The number of amides is 1. The number of aliphatic hydroxyl groups is 1. The number of pyridine rings is 1. The maximum atomic E-state index is 13.0. The molecule has 2 aliphatic heterocycles. The van der Waals surface area contributed by atoms with Crippen molar-refractivity contribution in [2.75, 3.05) is 26.2 Å². The fraction of sp³-hybridized carbons (Fsp3) is 0.348. The molecule has 7 heteroatoms. The van der Waals surface area contributed by atoms with E-state index in [-0.39, 0.29) is 5.57 Å². The summed E-state index contributed by atoms with van der Waals surface area (Å²) in [6, 6.07) is 6.35. The van der Waals surface area contributed by atoms with Gasteiger partial charge in [-0.15, -0.1) is 0 Å². The van der Waals surface area contributed by atoms with Crippen molar-refractivity contribution in [3.05, 3.63) is 71.7 Å². The maximum Gasteiger partial charge on any atom is 0.290 e. The standard InChI is InChI=1S/C23H25N3O4/c27-19(7-6-18-5-4-16-30-18)20-21(17-8-10-24-11-9-17)26(23(29)22(20)28)15-14-25-12-2-1-3-13-25/h4-11,16,21,28H,1-3,12-15H2/b7-6+. The lowest BCUT2D eigenvalue weighted by Crippen LogP contribution is -2.40. The molecular formula is C23H25N3O4. The van der Waals surface area contributed by atoms with Gasteiger partial charge in [-0.1, -0.05) is 6.42 Å². The van der Waals surface area contributed by atoms with Gasteiger partial charge < -0.3 is 19.3 Å². The largest absolute Gasteiger partial charge is 0.503 e. The summed E-state index contributed by atoms with van der Waals surface area (Å²) in [5, 5.41) is 10.6. The quantitative estimate of drug-likeness (QED) is 0.710. The minimum Gasteiger partial charge on any atom is -0.503 e. The van der Waals surface area contributed by atoms with Gasteiger partial charge in [0.05, 0.1) is 17.9 Å². The number of carbonyl (C=O) groups excluding carboxylic acids is 2. The van der Waals surface area contributed by atoms with Crippen molar-refractivity contribution in [3.63, 3.8) is 0 Å². The molecule has 0 aliphatic carbocycles. The molecule has 1 saturated heterocycles. The Labute approximate surface area is 175 Å². The van der Waals surface area contributed by atoms with Crippen LogP contribution in [0.3, 0.4) is 0 Å². The number of aromatic nitrogens is 1. The molecule has 30 heavy (non-hydrogen) atoms. The third-order valence-corrected chi connectivity index (χ3v) is 5.64. The molecule has 4 heterocycles. The summed E-state index contributed by atoms with van der Waals surface area (Å²) in [5.74, 6) is -0.886. The number of hydrogen-bond donors (Lipinski definition) is 1. The van der Waals surface area contributed by atoms with Gasteiger partial charge in [0.1, 0.15) is 5.76 Å². The maximum absolute atomic E-state index is 13.0. The van der Waals surface area contributed by atoms with E-state index in [1.165, 1.54) is 24.8 Å². The van der Waals surface area contributed by atoms with Crippen molar-refractivity contribution in [2.45, 2.75) is 25.3 Å². The minimum atomic E-state index is -0.640. The summed E-state index contributed by atoms with van der Waals surface area (Å²) >= 11 is 0. The Morgan fingerprint density at radius 1 is 1.17 bits per heavy atom. The lowest BCUT2D eigenvalue weighted by molar-refractivity contribution is -0.129. The zero-order valence-electron chi connectivity index (χ0n) is 16.7. The van der Waals surface area contributed by atoms with E-state index in [4.69, 9.17) is 4.42 Å². The first-order valence-electron chi connectivity index (χ1n) is 10.3. The summed E-state index contributed by atoms with van der Waals surface area (Å²) in [6.45, 7) is 3.18. The number of rotatable bonds is 7. The molecule has 0 aromatic carbocycles. The van der Waals surface area contributed by atoms with Crippen LogP contribution in [0.4, 0.5) is 0 Å². The molecule has 1 fully saturated rings. The second kappa shape index (κ2) is 9.09. The first kappa shape index (κ1) is 20.1. The summed E-state index contributed by atoms with van der Waals surface area (Å²) < 4.78 is 5.22. The van der Waals surface area contributed by atoms with Crippen molar-refractivity contribution in [1.29, 1.82) is 0 Å². The Kier molecular flexibility index (Phi) is 6.09. The van der Waals surface area contributed by atoms with Gasteiger partial charge in [-0.3, -0.25) is 14.6 Å². The molecule has 1 amide bonds. The number of ketones is 1. The van der Waals surface area contributed by atoms with E-state index in [1.54, 1.807) is 41.6 Å². The molecule has 2 aliphatic rings. The Morgan fingerprint density at radius 2 is 1.93 bits per heavy atom. The van der Waals surface area contributed by atoms with Gasteiger partial charge in [0.25, 0.3) is 5.91 Å². The van der Waals surface area contributed by atoms with E-state index in [0.717, 1.165) is 31.5 Å². The highest BCUT2D eigenvalue weighted by atomic mass is 16.3. The van der Waals surface area contributed by atoms with Crippen LogP contribution in [0, 0.1) is 0 Å². The Bertz CT molecular complexity index is 944. The van der Waals surface area contributed by atoms with Gasteiger partial charge in [0.15, 0.2) is 11.5 Å². The number of furan rings is 1. The van der Waals surface area contributed by atoms with Crippen LogP contribution < -0.4 is 0 Å². The number of likely N-dealkylation sites (tertiary alicyclic amines) is 1. The molecule has 0 bridgehead atoms. The zero-order valence-corrected chi connectivity index (χ0v) is 16.7. The minimum absolute atomic E-state index is 0.0904. The molecule has 7 nitrogen and oxygen atoms in total. The van der Waals surface area contributed by atoms with Gasteiger partial charge >= 0.3 is 0 Å². The van der Waals surface area contributed by atoms with Gasteiger partial charge in [-0.25, -0.2) is 0 Å². The number of allylic oxidation sites excluding steroid dienone is 1. The normalized spacial score (nSPS) is 20.5. The fourth-order valence-electron chi connectivity index (χ4n) is 4.09. The smallest absolute Gasteiger partial charge is 0.290 e. The van der Waals surface area contributed by atoms with Crippen LogP contribution in [0.15, 0.2) is 64.7 Å². The lowest BCUT2D eigenvalue weighted by atomic mass is 9.96. The summed E-state index contributed by atoms with van der Waals surface area (Å²) in [7, 11) is 0. The highest BCUT2D eigenvalue weighted by Gasteiger charge is 2.42. The first-order chi connectivity index (χ1) is 14.6.